The van der Waals surface area contributed by atoms with Crippen LogP contribution in [-0.2, 0) is 19.4 Å². The lowest BCUT2D eigenvalue weighted by atomic mass is 10.1. The van der Waals surface area contributed by atoms with Gasteiger partial charge in [-0.2, -0.15) is 4.98 Å². The van der Waals surface area contributed by atoms with Crippen molar-refractivity contribution in [3.8, 4) is 0 Å². The first-order valence-electron chi connectivity index (χ1n) is 8.32. The SMILES string of the molecule is Cc1ccc(C(=O)NCc2noc(CCc3ccccc3)n2)c(C)c1. The van der Waals surface area contributed by atoms with Crippen LogP contribution < -0.4 is 5.32 Å². The molecule has 3 aromatic rings. The second-order valence-electron chi connectivity index (χ2n) is 6.09. The maximum atomic E-state index is 12.3. The van der Waals surface area contributed by atoms with Gasteiger partial charge in [0.2, 0.25) is 5.89 Å². The number of carbonyl (C=O) groups excluding carboxylic acids is 1. The minimum atomic E-state index is -0.131. The highest BCUT2D eigenvalue weighted by Crippen LogP contribution is 2.11. The van der Waals surface area contributed by atoms with Crippen LogP contribution in [0.15, 0.2) is 53.1 Å². The van der Waals surface area contributed by atoms with Crippen LogP contribution in [0.1, 0.15) is 38.8 Å². The molecule has 0 unspecified atom stereocenters. The Balaban J connectivity index is 1.53. The van der Waals surface area contributed by atoms with Crippen molar-refractivity contribution < 1.29 is 9.32 Å². The summed E-state index contributed by atoms with van der Waals surface area (Å²) < 4.78 is 5.25. The highest BCUT2D eigenvalue weighted by Gasteiger charge is 2.11. The smallest absolute Gasteiger partial charge is 0.251 e. The molecule has 25 heavy (non-hydrogen) atoms. The van der Waals surface area contributed by atoms with Gasteiger partial charge in [-0.05, 0) is 37.5 Å². The highest BCUT2D eigenvalue weighted by atomic mass is 16.5. The van der Waals surface area contributed by atoms with E-state index >= 15 is 0 Å². The van der Waals surface area contributed by atoms with Gasteiger partial charge in [0.1, 0.15) is 0 Å². The Morgan fingerprint density at radius 3 is 2.64 bits per heavy atom. The fraction of sp³-hybridized carbons (Fsp3) is 0.250. The van der Waals surface area contributed by atoms with E-state index in [1.54, 1.807) is 0 Å². The second kappa shape index (κ2) is 7.75. The average molecular weight is 335 g/mol. The molecular weight excluding hydrogens is 314 g/mol. The van der Waals surface area contributed by atoms with Gasteiger partial charge in [0.05, 0.1) is 6.54 Å². The standard InChI is InChI=1S/C20H21N3O2/c1-14-8-10-17(15(2)12-14)20(24)21-13-18-22-19(25-23-18)11-9-16-6-4-3-5-7-16/h3-8,10,12H,9,11,13H2,1-2H3,(H,21,24). The van der Waals surface area contributed by atoms with E-state index < -0.39 is 0 Å². The summed E-state index contributed by atoms with van der Waals surface area (Å²) in [6, 6.07) is 15.9. The minimum Gasteiger partial charge on any atom is -0.345 e. The van der Waals surface area contributed by atoms with Gasteiger partial charge < -0.3 is 9.84 Å². The summed E-state index contributed by atoms with van der Waals surface area (Å²) in [7, 11) is 0. The molecule has 0 radical (unpaired) electrons. The zero-order valence-corrected chi connectivity index (χ0v) is 14.5. The molecule has 1 aromatic heterocycles. The molecule has 0 atom stereocenters. The maximum Gasteiger partial charge on any atom is 0.251 e. The molecule has 0 spiro atoms. The third kappa shape index (κ3) is 4.53. The molecule has 5 heteroatoms. The van der Waals surface area contributed by atoms with Crippen LogP contribution in [0, 0.1) is 13.8 Å². The number of hydrogen-bond acceptors (Lipinski definition) is 4. The van der Waals surface area contributed by atoms with E-state index in [4.69, 9.17) is 4.52 Å². The van der Waals surface area contributed by atoms with Crippen molar-refractivity contribution in [2.75, 3.05) is 0 Å². The Labute approximate surface area is 147 Å². The molecule has 0 saturated carbocycles. The van der Waals surface area contributed by atoms with Crippen LogP contribution in [0.5, 0.6) is 0 Å². The first kappa shape index (κ1) is 16.9. The van der Waals surface area contributed by atoms with Crippen molar-refractivity contribution in [3.05, 3.63) is 82.5 Å². The van der Waals surface area contributed by atoms with Gasteiger partial charge in [-0.25, -0.2) is 0 Å². The molecule has 0 saturated heterocycles. The van der Waals surface area contributed by atoms with E-state index in [2.05, 4.69) is 27.6 Å². The van der Waals surface area contributed by atoms with Crippen LogP contribution in [0.4, 0.5) is 0 Å². The molecular formula is C20H21N3O2. The Morgan fingerprint density at radius 1 is 1.08 bits per heavy atom. The first-order valence-corrected chi connectivity index (χ1v) is 8.32. The summed E-state index contributed by atoms with van der Waals surface area (Å²) >= 11 is 0. The zero-order valence-electron chi connectivity index (χ0n) is 14.5. The Morgan fingerprint density at radius 2 is 1.88 bits per heavy atom. The van der Waals surface area contributed by atoms with Gasteiger partial charge in [-0.15, -0.1) is 0 Å². The number of amides is 1. The third-order valence-corrected chi connectivity index (χ3v) is 4.01. The van der Waals surface area contributed by atoms with E-state index in [0.29, 0.717) is 23.7 Å². The van der Waals surface area contributed by atoms with Crippen LogP contribution in [0.2, 0.25) is 0 Å². The third-order valence-electron chi connectivity index (χ3n) is 4.01. The quantitative estimate of drug-likeness (QED) is 0.749. The number of benzene rings is 2. The van der Waals surface area contributed by atoms with E-state index in [0.717, 1.165) is 17.5 Å². The molecule has 0 fully saturated rings. The molecule has 0 aliphatic heterocycles. The van der Waals surface area contributed by atoms with Crippen molar-refractivity contribution in [1.29, 1.82) is 0 Å². The van der Waals surface area contributed by atoms with Crippen LogP contribution in [-0.4, -0.2) is 16.0 Å². The van der Waals surface area contributed by atoms with E-state index in [1.807, 2.05) is 50.2 Å². The summed E-state index contributed by atoms with van der Waals surface area (Å²) in [5, 5.41) is 6.77. The molecule has 1 heterocycles. The van der Waals surface area contributed by atoms with Gasteiger partial charge >= 0.3 is 0 Å². The molecule has 2 aromatic carbocycles. The minimum absolute atomic E-state index is 0.131. The second-order valence-corrected chi connectivity index (χ2v) is 6.09. The van der Waals surface area contributed by atoms with Gasteiger partial charge in [0.15, 0.2) is 5.82 Å². The topological polar surface area (TPSA) is 68.0 Å². The van der Waals surface area contributed by atoms with Crippen molar-refractivity contribution in [1.82, 2.24) is 15.5 Å². The summed E-state index contributed by atoms with van der Waals surface area (Å²) in [6.45, 7) is 4.18. The predicted octanol–water partition coefficient (Wildman–Crippen LogP) is 3.40. The Kier molecular flexibility index (Phi) is 5.23. The van der Waals surface area contributed by atoms with Gasteiger partial charge in [0.25, 0.3) is 5.91 Å². The molecule has 5 nitrogen and oxygen atoms in total. The lowest BCUT2D eigenvalue weighted by Gasteiger charge is -2.06. The van der Waals surface area contributed by atoms with Crippen molar-refractivity contribution in [2.45, 2.75) is 33.2 Å². The molecule has 1 N–H and O–H groups in total. The van der Waals surface area contributed by atoms with E-state index in [-0.39, 0.29) is 12.5 Å². The predicted molar refractivity (Wildman–Crippen MR) is 95.2 cm³/mol. The maximum absolute atomic E-state index is 12.3. The largest absolute Gasteiger partial charge is 0.345 e. The number of nitrogens with one attached hydrogen (secondary N) is 1. The molecule has 0 bridgehead atoms. The fourth-order valence-electron chi connectivity index (χ4n) is 2.68. The van der Waals surface area contributed by atoms with Crippen molar-refractivity contribution >= 4 is 5.91 Å². The highest BCUT2D eigenvalue weighted by molar-refractivity contribution is 5.95. The van der Waals surface area contributed by atoms with Crippen LogP contribution in [0.3, 0.4) is 0 Å². The summed E-state index contributed by atoms with van der Waals surface area (Å²) in [5.41, 5.74) is 3.98. The zero-order chi connectivity index (χ0) is 17.6. The molecule has 1 amide bonds. The summed E-state index contributed by atoms with van der Waals surface area (Å²) in [6.07, 6.45) is 1.53. The number of carbonyl (C=O) groups is 1. The van der Waals surface area contributed by atoms with Crippen molar-refractivity contribution in [2.24, 2.45) is 0 Å². The van der Waals surface area contributed by atoms with E-state index in [9.17, 15) is 4.79 Å². The molecule has 128 valence electrons. The van der Waals surface area contributed by atoms with Crippen LogP contribution in [0.25, 0.3) is 0 Å². The number of hydrogen-bond donors (Lipinski definition) is 1. The summed E-state index contributed by atoms with van der Waals surface area (Å²) in [5.74, 6) is 0.939. The average Bonchev–Trinajstić information content (AvgIpc) is 3.07. The lowest BCUT2D eigenvalue weighted by molar-refractivity contribution is 0.0949. The number of aromatic nitrogens is 2. The molecule has 0 aliphatic rings. The molecule has 3 rings (SSSR count). The number of rotatable bonds is 6. The van der Waals surface area contributed by atoms with Crippen molar-refractivity contribution in [3.63, 3.8) is 0 Å². The Hall–Kier alpha value is -2.95. The Bertz CT molecular complexity index is 856. The van der Waals surface area contributed by atoms with Gasteiger partial charge in [-0.1, -0.05) is 53.2 Å². The number of aryl methyl sites for hydroxylation is 4. The number of nitrogens with zero attached hydrogens (tertiary/aromatic N) is 2. The monoisotopic (exact) mass is 335 g/mol. The first-order chi connectivity index (χ1) is 12.1. The van der Waals surface area contributed by atoms with E-state index in [1.165, 1.54) is 5.56 Å². The lowest BCUT2D eigenvalue weighted by Crippen LogP contribution is -2.24. The van der Waals surface area contributed by atoms with Gasteiger partial charge in [0, 0.05) is 12.0 Å². The normalized spacial score (nSPS) is 10.6. The summed E-state index contributed by atoms with van der Waals surface area (Å²) in [4.78, 5) is 16.6. The van der Waals surface area contributed by atoms with Crippen LogP contribution >= 0.6 is 0 Å². The van der Waals surface area contributed by atoms with Gasteiger partial charge in [-0.3, -0.25) is 4.79 Å². The molecule has 0 aliphatic carbocycles. The fourth-order valence-corrected chi connectivity index (χ4v) is 2.68.